The predicted molar refractivity (Wildman–Crippen MR) is 48.6 cm³/mol. The van der Waals surface area contributed by atoms with Crippen LogP contribution in [0, 0.1) is 0 Å². The largest absolute Gasteiger partial charge is 0.416 e. The van der Waals surface area contributed by atoms with E-state index < -0.39 is 11.7 Å². The smallest absolute Gasteiger partial charge is 0.384 e. The monoisotopic (exact) mass is 276 g/mol. The molecule has 0 aliphatic rings. The molecule has 0 fully saturated rings. The number of pyridine rings is 1. The summed E-state index contributed by atoms with van der Waals surface area (Å²) in [5, 5.41) is 0. The molecular weight excluding hydrogens is 272 g/mol. The quantitative estimate of drug-likeness (QED) is 0.741. The second kappa shape index (κ2) is 4.15. The Balaban J connectivity index is 0.00000144. The Morgan fingerprint density at radius 2 is 1.85 bits per heavy atom. The maximum absolute atomic E-state index is 12.0. The summed E-state index contributed by atoms with van der Waals surface area (Å²) in [4.78, 5) is 3.54. The Kier molecular flexibility index (Phi) is 3.99. The molecule has 1 aromatic heterocycles. The van der Waals surface area contributed by atoms with Crippen molar-refractivity contribution in [2.75, 3.05) is 5.73 Å². The molecule has 0 amide bonds. The molecule has 0 saturated heterocycles. The molecule has 0 unspecified atom stereocenters. The Hall–Kier alpha value is -0.490. The minimum atomic E-state index is -4.38. The van der Waals surface area contributed by atoms with Crippen molar-refractivity contribution < 1.29 is 13.2 Å². The first-order valence-corrected chi connectivity index (χ1v) is 3.69. The zero-order chi connectivity index (χ0) is 9.35. The van der Waals surface area contributed by atoms with Gasteiger partial charge in [-0.2, -0.15) is 13.2 Å². The molecule has 74 valence electrons. The van der Waals surface area contributed by atoms with E-state index in [4.69, 9.17) is 5.73 Å². The minimum Gasteiger partial charge on any atom is -0.384 e. The van der Waals surface area contributed by atoms with Gasteiger partial charge in [-0.15, -0.1) is 12.4 Å². The molecule has 2 nitrogen and oxygen atoms in total. The highest BCUT2D eigenvalue weighted by Crippen LogP contribution is 2.31. The molecule has 0 atom stereocenters. The molecule has 0 radical (unpaired) electrons. The van der Waals surface area contributed by atoms with Gasteiger partial charge in [-0.05, 0) is 28.1 Å². The van der Waals surface area contributed by atoms with E-state index in [0.29, 0.717) is 0 Å². The van der Waals surface area contributed by atoms with Gasteiger partial charge in [0.2, 0.25) is 0 Å². The van der Waals surface area contributed by atoms with E-state index in [9.17, 15) is 13.2 Å². The van der Waals surface area contributed by atoms with Crippen LogP contribution in [0.3, 0.4) is 0 Å². The first-order valence-electron chi connectivity index (χ1n) is 2.90. The summed E-state index contributed by atoms with van der Waals surface area (Å²) in [6.07, 6.45) is -4.38. The first kappa shape index (κ1) is 12.5. The molecule has 0 spiro atoms. The van der Waals surface area contributed by atoms with E-state index in [1.165, 1.54) is 0 Å². The summed E-state index contributed by atoms with van der Waals surface area (Å²) >= 11 is 2.81. The summed E-state index contributed by atoms with van der Waals surface area (Å²) in [5.41, 5.74) is 4.31. The van der Waals surface area contributed by atoms with Crippen molar-refractivity contribution in [3.8, 4) is 0 Å². The lowest BCUT2D eigenvalue weighted by atomic mass is 10.2. The SMILES string of the molecule is Cl.Nc1cc(C(F)(F)F)cc(Br)n1. The maximum Gasteiger partial charge on any atom is 0.416 e. The number of nitrogen functional groups attached to an aromatic ring is 1. The van der Waals surface area contributed by atoms with E-state index >= 15 is 0 Å². The lowest BCUT2D eigenvalue weighted by Gasteiger charge is -2.06. The van der Waals surface area contributed by atoms with Crippen LogP contribution in [0.1, 0.15) is 5.56 Å². The molecule has 0 bridgehead atoms. The molecule has 1 rings (SSSR count). The molecule has 0 aliphatic carbocycles. The topological polar surface area (TPSA) is 38.9 Å². The Morgan fingerprint density at radius 3 is 2.23 bits per heavy atom. The number of hydrogen-bond acceptors (Lipinski definition) is 2. The summed E-state index contributed by atoms with van der Waals surface area (Å²) < 4.78 is 36.2. The number of nitrogens with two attached hydrogens (primary N) is 1. The van der Waals surface area contributed by atoms with Crippen molar-refractivity contribution in [3.05, 3.63) is 22.3 Å². The zero-order valence-corrected chi connectivity index (χ0v) is 8.50. The van der Waals surface area contributed by atoms with Gasteiger partial charge in [-0.3, -0.25) is 0 Å². The fourth-order valence-electron chi connectivity index (χ4n) is 0.681. The number of hydrogen-bond donors (Lipinski definition) is 1. The van der Waals surface area contributed by atoms with Crippen LogP contribution in [0.15, 0.2) is 16.7 Å². The third-order valence-electron chi connectivity index (χ3n) is 1.14. The van der Waals surface area contributed by atoms with Crippen LogP contribution >= 0.6 is 28.3 Å². The molecule has 7 heteroatoms. The fraction of sp³-hybridized carbons (Fsp3) is 0.167. The third-order valence-corrected chi connectivity index (χ3v) is 1.55. The van der Waals surface area contributed by atoms with Crippen molar-refractivity contribution in [2.24, 2.45) is 0 Å². The minimum absolute atomic E-state index is 0. The Labute approximate surface area is 86.9 Å². The van der Waals surface area contributed by atoms with Crippen LogP contribution in [0.5, 0.6) is 0 Å². The summed E-state index contributed by atoms with van der Waals surface area (Å²) in [5.74, 6) is -0.156. The van der Waals surface area contributed by atoms with E-state index in [-0.39, 0.29) is 22.8 Å². The van der Waals surface area contributed by atoms with Crippen molar-refractivity contribution in [1.82, 2.24) is 4.98 Å². The fourth-order valence-corrected chi connectivity index (χ4v) is 1.13. The van der Waals surface area contributed by atoms with E-state index in [0.717, 1.165) is 12.1 Å². The van der Waals surface area contributed by atoms with Gasteiger partial charge >= 0.3 is 6.18 Å². The summed E-state index contributed by atoms with van der Waals surface area (Å²) in [7, 11) is 0. The molecule has 0 aromatic carbocycles. The molecule has 13 heavy (non-hydrogen) atoms. The number of halogens is 5. The lowest BCUT2D eigenvalue weighted by molar-refractivity contribution is -0.137. The van der Waals surface area contributed by atoms with Crippen molar-refractivity contribution >= 4 is 34.2 Å². The Morgan fingerprint density at radius 1 is 1.31 bits per heavy atom. The van der Waals surface area contributed by atoms with E-state index in [1.54, 1.807) is 0 Å². The van der Waals surface area contributed by atoms with Gasteiger partial charge in [0.1, 0.15) is 10.4 Å². The summed E-state index contributed by atoms with van der Waals surface area (Å²) in [6.45, 7) is 0. The van der Waals surface area contributed by atoms with E-state index in [1.807, 2.05) is 0 Å². The zero-order valence-electron chi connectivity index (χ0n) is 6.10. The van der Waals surface area contributed by atoms with Crippen molar-refractivity contribution in [2.45, 2.75) is 6.18 Å². The van der Waals surface area contributed by atoms with Gasteiger partial charge in [-0.1, -0.05) is 0 Å². The van der Waals surface area contributed by atoms with Gasteiger partial charge in [0.25, 0.3) is 0 Å². The van der Waals surface area contributed by atoms with Crippen molar-refractivity contribution in [1.29, 1.82) is 0 Å². The number of alkyl halides is 3. The van der Waals surface area contributed by atoms with Gasteiger partial charge in [0.05, 0.1) is 5.56 Å². The second-order valence-corrected chi connectivity index (χ2v) is 2.91. The molecular formula is C6H5BrClF3N2. The molecule has 2 N–H and O–H groups in total. The van der Waals surface area contributed by atoms with Crippen LogP contribution in [0.25, 0.3) is 0 Å². The van der Waals surface area contributed by atoms with Crippen LogP contribution < -0.4 is 5.73 Å². The highest BCUT2D eigenvalue weighted by atomic mass is 79.9. The maximum atomic E-state index is 12.0. The molecule has 1 heterocycles. The average Bonchev–Trinajstić information content (AvgIpc) is 1.82. The molecule has 0 aliphatic heterocycles. The van der Waals surface area contributed by atoms with Gasteiger partial charge < -0.3 is 5.73 Å². The highest BCUT2D eigenvalue weighted by Gasteiger charge is 2.31. The third kappa shape index (κ3) is 3.40. The number of nitrogens with zero attached hydrogens (tertiary/aromatic N) is 1. The highest BCUT2D eigenvalue weighted by molar-refractivity contribution is 9.10. The number of anilines is 1. The molecule has 0 saturated carbocycles. The second-order valence-electron chi connectivity index (χ2n) is 2.10. The lowest BCUT2D eigenvalue weighted by Crippen LogP contribution is -2.06. The molecule has 1 aromatic rings. The normalized spacial score (nSPS) is 10.8. The van der Waals surface area contributed by atoms with Crippen molar-refractivity contribution in [3.63, 3.8) is 0 Å². The standard InChI is InChI=1S/C6H4BrF3N2.ClH/c7-4-1-3(6(8,9)10)2-5(11)12-4;/h1-2H,(H2,11,12);1H. The summed E-state index contributed by atoms with van der Waals surface area (Å²) in [6, 6.07) is 1.65. The number of rotatable bonds is 0. The van der Waals surface area contributed by atoms with Crippen LogP contribution in [0.4, 0.5) is 19.0 Å². The van der Waals surface area contributed by atoms with Crippen LogP contribution in [0.2, 0.25) is 0 Å². The van der Waals surface area contributed by atoms with Gasteiger partial charge in [-0.25, -0.2) is 4.98 Å². The Bertz CT molecular complexity index is 282. The van der Waals surface area contributed by atoms with Gasteiger partial charge in [0.15, 0.2) is 0 Å². The van der Waals surface area contributed by atoms with E-state index in [2.05, 4.69) is 20.9 Å². The average molecular weight is 277 g/mol. The van der Waals surface area contributed by atoms with Gasteiger partial charge in [0, 0.05) is 0 Å². The first-order chi connectivity index (χ1) is 5.39. The van der Waals surface area contributed by atoms with Crippen LogP contribution in [-0.2, 0) is 6.18 Å². The predicted octanol–water partition coefficient (Wildman–Crippen LogP) is 2.87. The van der Waals surface area contributed by atoms with Crippen LogP contribution in [-0.4, -0.2) is 4.98 Å². The number of aromatic nitrogens is 1.